The van der Waals surface area contributed by atoms with Crippen molar-refractivity contribution in [3.63, 3.8) is 0 Å². The first-order valence-electron chi connectivity index (χ1n) is 9.76. The number of hydrogen-bond acceptors (Lipinski definition) is 4. The molecule has 3 aromatic rings. The standard InChI is InChI=1S/C23H20BrN3O4S/c1-15-11-16(2)13-18(12-15)25-22(28)14-26-20-5-3-4-6-21(20)32(30,31)27(23(26)29)19-9-7-17(24)8-10-19/h3-13H,14H2,1-2H3,(H,25,28). The van der Waals surface area contributed by atoms with Crippen LogP contribution >= 0.6 is 15.9 Å². The van der Waals surface area contributed by atoms with E-state index < -0.39 is 22.0 Å². The highest BCUT2D eigenvalue weighted by Gasteiger charge is 2.43. The third-order valence-corrected chi connectivity index (χ3v) is 7.22. The van der Waals surface area contributed by atoms with Crippen LogP contribution in [-0.4, -0.2) is 26.9 Å². The number of aryl methyl sites for hydroxylation is 2. The minimum Gasteiger partial charge on any atom is -0.325 e. The SMILES string of the molecule is Cc1cc(C)cc(NC(=O)CN2C(=O)N(c3ccc(Br)cc3)S(=O)(=O)c3ccccc32)c1. The molecule has 3 aromatic carbocycles. The molecule has 0 unspecified atom stereocenters. The molecule has 1 aliphatic rings. The van der Waals surface area contributed by atoms with Gasteiger partial charge in [-0.25, -0.2) is 13.2 Å². The van der Waals surface area contributed by atoms with Crippen molar-refractivity contribution in [3.05, 3.63) is 82.3 Å². The topological polar surface area (TPSA) is 86.8 Å². The number of anilines is 3. The molecule has 164 valence electrons. The Bertz CT molecular complexity index is 1300. The van der Waals surface area contributed by atoms with Crippen LogP contribution in [0, 0.1) is 13.8 Å². The first-order valence-corrected chi connectivity index (χ1v) is 12.0. The average Bonchev–Trinajstić information content (AvgIpc) is 2.72. The van der Waals surface area contributed by atoms with E-state index in [4.69, 9.17) is 0 Å². The van der Waals surface area contributed by atoms with Crippen LogP contribution in [-0.2, 0) is 14.8 Å². The Morgan fingerprint density at radius 2 is 1.59 bits per heavy atom. The molecule has 7 nitrogen and oxygen atoms in total. The predicted octanol–water partition coefficient (Wildman–Crippen LogP) is 4.84. The summed E-state index contributed by atoms with van der Waals surface area (Å²) >= 11 is 3.31. The molecule has 0 aromatic heterocycles. The maximum atomic E-state index is 13.4. The fourth-order valence-electron chi connectivity index (χ4n) is 3.68. The fourth-order valence-corrected chi connectivity index (χ4v) is 5.54. The monoisotopic (exact) mass is 513 g/mol. The van der Waals surface area contributed by atoms with Crippen molar-refractivity contribution in [2.24, 2.45) is 0 Å². The van der Waals surface area contributed by atoms with Gasteiger partial charge < -0.3 is 5.32 Å². The van der Waals surface area contributed by atoms with Crippen molar-refractivity contribution >= 4 is 55.0 Å². The van der Waals surface area contributed by atoms with Crippen molar-refractivity contribution in [2.75, 3.05) is 21.1 Å². The third-order valence-electron chi connectivity index (χ3n) is 4.95. The largest absolute Gasteiger partial charge is 0.343 e. The van der Waals surface area contributed by atoms with E-state index in [0.29, 0.717) is 5.69 Å². The Morgan fingerprint density at radius 1 is 0.969 bits per heavy atom. The van der Waals surface area contributed by atoms with Gasteiger partial charge in [-0.2, -0.15) is 4.31 Å². The van der Waals surface area contributed by atoms with Gasteiger partial charge >= 0.3 is 6.03 Å². The van der Waals surface area contributed by atoms with Gasteiger partial charge in [-0.1, -0.05) is 34.1 Å². The van der Waals surface area contributed by atoms with Crippen molar-refractivity contribution in [2.45, 2.75) is 18.7 Å². The highest BCUT2D eigenvalue weighted by Crippen LogP contribution is 2.37. The van der Waals surface area contributed by atoms with Crippen molar-refractivity contribution in [1.82, 2.24) is 0 Å². The number of carbonyl (C=O) groups is 2. The van der Waals surface area contributed by atoms with Crippen LogP contribution in [0.15, 0.2) is 76.1 Å². The summed E-state index contributed by atoms with van der Waals surface area (Å²) in [6.07, 6.45) is 0. The quantitative estimate of drug-likeness (QED) is 0.540. The second-order valence-corrected chi connectivity index (χ2v) is 10.2. The zero-order chi connectivity index (χ0) is 23.0. The average molecular weight is 514 g/mol. The lowest BCUT2D eigenvalue weighted by Crippen LogP contribution is -2.53. The lowest BCUT2D eigenvalue weighted by atomic mass is 10.1. The Kier molecular flexibility index (Phi) is 5.79. The zero-order valence-electron chi connectivity index (χ0n) is 17.4. The number of nitrogens with one attached hydrogen (secondary N) is 1. The van der Waals surface area contributed by atoms with Gasteiger partial charge in [-0.15, -0.1) is 0 Å². The highest BCUT2D eigenvalue weighted by molar-refractivity contribution is 9.10. The van der Waals surface area contributed by atoms with E-state index in [9.17, 15) is 18.0 Å². The number of halogens is 1. The van der Waals surface area contributed by atoms with Crippen LogP contribution in [0.2, 0.25) is 0 Å². The van der Waals surface area contributed by atoms with E-state index in [1.807, 2.05) is 32.0 Å². The van der Waals surface area contributed by atoms with Gasteiger partial charge in [0.15, 0.2) is 0 Å². The number of hydrogen-bond donors (Lipinski definition) is 1. The molecule has 0 saturated carbocycles. The Morgan fingerprint density at radius 3 is 2.25 bits per heavy atom. The first-order chi connectivity index (χ1) is 15.2. The van der Waals surface area contributed by atoms with Gasteiger partial charge in [0.1, 0.15) is 11.4 Å². The summed E-state index contributed by atoms with van der Waals surface area (Å²) in [6, 6.07) is 17.3. The van der Waals surface area contributed by atoms with Crippen LogP contribution in [0.3, 0.4) is 0 Å². The molecule has 0 radical (unpaired) electrons. The number of para-hydroxylation sites is 1. The molecule has 1 heterocycles. The molecule has 0 spiro atoms. The van der Waals surface area contributed by atoms with E-state index >= 15 is 0 Å². The summed E-state index contributed by atoms with van der Waals surface area (Å²) in [6.45, 7) is 3.51. The number of benzene rings is 3. The van der Waals surface area contributed by atoms with Crippen LogP contribution in [0.5, 0.6) is 0 Å². The van der Waals surface area contributed by atoms with Gasteiger partial charge in [0.2, 0.25) is 5.91 Å². The number of sulfonamides is 1. The van der Waals surface area contributed by atoms with Crippen molar-refractivity contribution < 1.29 is 18.0 Å². The second kappa shape index (κ2) is 8.40. The van der Waals surface area contributed by atoms with E-state index in [0.717, 1.165) is 19.9 Å². The molecule has 0 fully saturated rings. The van der Waals surface area contributed by atoms with Crippen LogP contribution in [0.4, 0.5) is 21.9 Å². The molecule has 3 amide bonds. The van der Waals surface area contributed by atoms with E-state index in [-0.39, 0.29) is 22.8 Å². The molecule has 9 heteroatoms. The number of amides is 3. The molecule has 1 N–H and O–H groups in total. The molecule has 1 aliphatic heterocycles. The number of urea groups is 1. The normalized spacial score (nSPS) is 14.8. The lowest BCUT2D eigenvalue weighted by Gasteiger charge is -2.35. The maximum Gasteiger partial charge on any atom is 0.343 e. The molecule has 4 rings (SSSR count). The summed E-state index contributed by atoms with van der Waals surface area (Å²) in [7, 11) is -4.14. The smallest absolute Gasteiger partial charge is 0.325 e. The Hall–Kier alpha value is -3.17. The molecule has 0 bridgehead atoms. The first kappa shape index (κ1) is 22.0. The Labute approximate surface area is 194 Å². The van der Waals surface area contributed by atoms with Crippen LogP contribution < -0.4 is 14.5 Å². The number of rotatable bonds is 4. The maximum absolute atomic E-state index is 13.4. The molecule has 0 aliphatic carbocycles. The third kappa shape index (κ3) is 4.13. The molecule has 0 atom stereocenters. The Balaban J connectivity index is 1.71. The summed E-state index contributed by atoms with van der Waals surface area (Å²) in [5.74, 6) is -0.437. The van der Waals surface area contributed by atoms with Gasteiger partial charge in [0, 0.05) is 10.2 Å². The molecular formula is C23H20BrN3O4S. The van der Waals surface area contributed by atoms with Gasteiger partial charge in [0.05, 0.1) is 11.4 Å². The summed E-state index contributed by atoms with van der Waals surface area (Å²) in [4.78, 5) is 27.3. The predicted molar refractivity (Wildman–Crippen MR) is 128 cm³/mol. The molecule has 0 saturated heterocycles. The number of fused-ring (bicyclic) bond motifs is 1. The highest BCUT2D eigenvalue weighted by atomic mass is 79.9. The van der Waals surface area contributed by atoms with Crippen molar-refractivity contribution in [3.8, 4) is 0 Å². The van der Waals surface area contributed by atoms with Gasteiger partial charge in [-0.05, 0) is 73.5 Å². The second-order valence-electron chi connectivity index (χ2n) is 7.51. The van der Waals surface area contributed by atoms with Crippen LogP contribution in [0.25, 0.3) is 0 Å². The molecule has 32 heavy (non-hydrogen) atoms. The summed E-state index contributed by atoms with van der Waals surface area (Å²) in [5, 5.41) is 2.80. The van der Waals surface area contributed by atoms with Crippen molar-refractivity contribution in [1.29, 1.82) is 0 Å². The summed E-state index contributed by atoms with van der Waals surface area (Å²) < 4.78 is 28.0. The van der Waals surface area contributed by atoms with E-state index in [2.05, 4.69) is 21.2 Å². The number of nitrogens with zero attached hydrogens (tertiary/aromatic N) is 2. The van der Waals surface area contributed by atoms with E-state index in [1.165, 1.54) is 29.2 Å². The lowest BCUT2D eigenvalue weighted by molar-refractivity contribution is -0.114. The van der Waals surface area contributed by atoms with Gasteiger partial charge in [0.25, 0.3) is 10.0 Å². The van der Waals surface area contributed by atoms with E-state index in [1.54, 1.807) is 24.3 Å². The zero-order valence-corrected chi connectivity index (χ0v) is 19.8. The summed E-state index contributed by atoms with van der Waals surface area (Å²) in [5.41, 5.74) is 2.95. The van der Waals surface area contributed by atoms with Gasteiger partial charge in [-0.3, -0.25) is 9.69 Å². The minimum atomic E-state index is -4.14. The number of carbonyl (C=O) groups excluding carboxylic acids is 2. The van der Waals surface area contributed by atoms with Crippen LogP contribution in [0.1, 0.15) is 11.1 Å². The minimum absolute atomic E-state index is 0.0401. The molecular weight excluding hydrogens is 494 g/mol. The fraction of sp³-hybridized carbons (Fsp3) is 0.130.